The van der Waals surface area contributed by atoms with Gasteiger partial charge in [-0.2, -0.15) is 0 Å². The lowest BCUT2D eigenvalue weighted by atomic mass is 10.1. The fourth-order valence-electron chi connectivity index (χ4n) is 2.10. The monoisotopic (exact) mass is 526 g/mol. The summed E-state index contributed by atoms with van der Waals surface area (Å²) in [5, 5.41) is 6.23. The first-order chi connectivity index (χ1) is 12.2. The number of hydrogen-bond donors (Lipinski definition) is 2. The van der Waals surface area contributed by atoms with Gasteiger partial charge in [-0.05, 0) is 36.2 Å². The molecule has 0 radical (unpaired) electrons. The van der Waals surface area contributed by atoms with Crippen LogP contribution < -0.4 is 10.6 Å². The van der Waals surface area contributed by atoms with Crippen LogP contribution in [0.25, 0.3) is 0 Å². The van der Waals surface area contributed by atoms with Gasteiger partial charge >= 0.3 is 0 Å². The molecule has 0 fully saturated rings. The number of halogens is 2. The molecule has 0 aliphatic heterocycles. The Labute approximate surface area is 181 Å². The number of nitrogens with one attached hydrogen (secondary N) is 2. The van der Waals surface area contributed by atoms with Crippen LogP contribution in [-0.4, -0.2) is 39.8 Å². The van der Waals surface area contributed by atoms with E-state index in [1.807, 2.05) is 6.07 Å². The SMILES string of the molecule is CN=C(NCc1ccc(C)c(F)c1)NCc1ccc(S(=O)(=O)N(C)C)s1.I. The Morgan fingerprint density at radius 1 is 1.19 bits per heavy atom. The van der Waals surface area contributed by atoms with Crippen LogP contribution in [0.4, 0.5) is 4.39 Å². The van der Waals surface area contributed by atoms with Gasteiger partial charge < -0.3 is 10.6 Å². The zero-order valence-corrected chi connectivity index (χ0v) is 19.6. The minimum absolute atomic E-state index is 0. The van der Waals surface area contributed by atoms with Gasteiger partial charge in [-0.15, -0.1) is 35.3 Å². The summed E-state index contributed by atoms with van der Waals surface area (Å²) in [5.74, 6) is 0.317. The molecule has 1 aromatic carbocycles. The molecule has 0 spiro atoms. The third kappa shape index (κ3) is 6.40. The number of aryl methyl sites for hydroxylation is 1. The molecule has 0 unspecified atom stereocenters. The number of rotatable bonds is 6. The van der Waals surface area contributed by atoms with Crippen molar-refractivity contribution < 1.29 is 12.8 Å². The normalized spacial score (nSPS) is 12.0. The van der Waals surface area contributed by atoms with Crippen molar-refractivity contribution in [3.63, 3.8) is 0 Å². The van der Waals surface area contributed by atoms with Crippen molar-refractivity contribution in [2.75, 3.05) is 21.1 Å². The fourth-order valence-corrected chi connectivity index (χ4v) is 4.56. The molecule has 1 heterocycles. The highest BCUT2D eigenvalue weighted by molar-refractivity contribution is 14.0. The lowest BCUT2D eigenvalue weighted by molar-refractivity contribution is 0.523. The molecule has 6 nitrogen and oxygen atoms in total. The summed E-state index contributed by atoms with van der Waals surface area (Å²) >= 11 is 1.21. The molecule has 150 valence electrons. The van der Waals surface area contributed by atoms with E-state index in [0.29, 0.717) is 28.8 Å². The molecule has 0 saturated heterocycles. The molecule has 10 heteroatoms. The second kappa shape index (κ2) is 10.3. The van der Waals surface area contributed by atoms with Crippen LogP contribution in [0, 0.1) is 12.7 Å². The van der Waals surface area contributed by atoms with Crippen LogP contribution in [0.5, 0.6) is 0 Å². The van der Waals surface area contributed by atoms with Gasteiger partial charge in [0.05, 0.1) is 6.54 Å². The first kappa shape index (κ1) is 23.8. The molecule has 27 heavy (non-hydrogen) atoms. The Bertz CT molecular complexity index is 898. The third-order valence-electron chi connectivity index (χ3n) is 3.72. The van der Waals surface area contributed by atoms with Crippen molar-refractivity contribution in [3.05, 3.63) is 52.2 Å². The average molecular weight is 526 g/mol. The van der Waals surface area contributed by atoms with E-state index in [-0.39, 0.29) is 29.8 Å². The Morgan fingerprint density at radius 3 is 2.44 bits per heavy atom. The molecule has 0 atom stereocenters. The molecule has 0 amide bonds. The van der Waals surface area contributed by atoms with E-state index in [1.54, 1.807) is 32.2 Å². The van der Waals surface area contributed by atoms with Crippen LogP contribution in [-0.2, 0) is 23.1 Å². The predicted molar refractivity (Wildman–Crippen MR) is 119 cm³/mol. The number of aliphatic imine (C=N–C) groups is 1. The number of guanidine groups is 1. The van der Waals surface area contributed by atoms with E-state index >= 15 is 0 Å². The molecule has 0 aliphatic rings. The topological polar surface area (TPSA) is 73.8 Å². The molecule has 2 aromatic rings. The van der Waals surface area contributed by atoms with E-state index < -0.39 is 10.0 Å². The molecule has 0 aliphatic carbocycles. The maximum atomic E-state index is 13.6. The summed E-state index contributed by atoms with van der Waals surface area (Å²) < 4.78 is 39.3. The maximum Gasteiger partial charge on any atom is 0.252 e. The van der Waals surface area contributed by atoms with Crippen molar-refractivity contribution in [3.8, 4) is 0 Å². The van der Waals surface area contributed by atoms with Crippen LogP contribution in [0.2, 0.25) is 0 Å². The van der Waals surface area contributed by atoms with E-state index in [9.17, 15) is 12.8 Å². The lowest BCUT2D eigenvalue weighted by Gasteiger charge is -2.12. The van der Waals surface area contributed by atoms with Crippen LogP contribution in [0.15, 0.2) is 39.5 Å². The number of thiophene rings is 1. The van der Waals surface area contributed by atoms with Gasteiger partial charge in [0.25, 0.3) is 10.0 Å². The van der Waals surface area contributed by atoms with Gasteiger partial charge in [0.2, 0.25) is 0 Å². The number of hydrogen-bond acceptors (Lipinski definition) is 4. The smallest absolute Gasteiger partial charge is 0.252 e. The first-order valence-corrected chi connectivity index (χ1v) is 10.2. The molecular formula is C17H24FIN4O2S2. The Morgan fingerprint density at radius 2 is 1.85 bits per heavy atom. The molecule has 1 aromatic heterocycles. The van der Waals surface area contributed by atoms with Gasteiger partial charge in [-0.25, -0.2) is 17.1 Å². The van der Waals surface area contributed by atoms with Crippen molar-refractivity contribution in [2.24, 2.45) is 4.99 Å². The van der Waals surface area contributed by atoms with Crippen LogP contribution >= 0.6 is 35.3 Å². The average Bonchev–Trinajstić information content (AvgIpc) is 3.07. The van der Waals surface area contributed by atoms with Crippen molar-refractivity contribution in [2.45, 2.75) is 24.2 Å². The summed E-state index contributed by atoms with van der Waals surface area (Å²) in [6.45, 7) is 2.59. The highest BCUT2D eigenvalue weighted by Crippen LogP contribution is 2.23. The second-order valence-electron chi connectivity index (χ2n) is 5.87. The summed E-state index contributed by atoms with van der Waals surface area (Å²) in [6, 6.07) is 8.46. The van der Waals surface area contributed by atoms with Gasteiger partial charge in [0, 0.05) is 32.6 Å². The number of sulfonamides is 1. The highest BCUT2D eigenvalue weighted by Gasteiger charge is 2.19. The summed E-state index contributed by atoms with van der Waals surface area (Å²) in [5.41, 5.74) is 1.42. The number of nitrogens with zero attached hydrogens (tertiary/aromatic N) is 2. The Hall–Kier alpha value is -1.24. The Kier molecular flexibility index (Phi) is 9.12. The fraction of sp³-hybridized carbons (Fsp3) is 0.353. The zero-order valence-electron chi connectivity index (χ0n) is 15.6. The number of benzene rings is 1. The van der Waals surface area contributed by atoms with Gasteiger partial charge in [-0.1, -0.05) is 12.1 Å². The van der Waals surface area contributed by atoms with Crippen LogP contribution in [0.3, 0.4) is 0 Å². The van der Waals surface area contributed by atoms with Crippen LogP contribution in [0.1, 0.15) is 16.0 Å². The lowest BCUT2D eigenvalue weighted by Crippen LogP contribution is -2.36. The third-order valence-corrected chi connectivity index (χ3v) is 7.09. The quantitative estimate of drug-likeness (QED) is 0.345. The van der Waals surface area contributed by atoms with E-state index in [0.717, 1.165) is 10.4 Å². The van der Waals surface area contributed by atoms with Crippen molar-refractivity contribution >= 4 is 51.3 Å². The summed E-state index contributed by atoms with van der Waals surface area (Å²) in [6.07, 6.45) is 0. The van der Waals surface area contributed by atoms with Gasteiger partial charge in [0.1, 0.15) is 10.0 Å². The van der Waals surface area contributed by atoms with Gasteiger partial charge in [0.15, 0.2) is 5.96 Å². The molecular weight excluding hydrogens is 502 g/mol. The summed E-state index contributed by atoms with van der Waals surface area (Å²) in [7, 11) is 1.24. The summed E-state index contributed by atoms with van der Waals surface area (Å²) in [4.78, 5) is 4.99. The minimum atomic E-state index is -3.41. The van der Waals surface area contributed by atoms with Crippen molar-refractivity contribution in [1.29, 1.82) is 0 Å². The zero-order chi connectivity index (χ0) is 19.3. The molecule has 2 N–H and O–H groups in total. The largest absolute Gasteiger partial charge is 0.352 e. The standard InChI is InChI=1S/C17H23FN4O2S2.HI/c1-12-5-6-13(9-15(12)18)10-20-17(19-2)21-11-14-7-8-16(25-14)26(23,24)22(3)4;/h5-9H,10-11H2,1-4H3,(H2,19,20,21);1H. The Balaban J connectivity index is 0.00000364. The predicted octanol–water partition coefficient (Wildman–Crippen LogP) is 2.93. The van der Waals surface area contributed by atoms with Gasteiger partial charge in [-0.3, -0.25) is 4.99 Å². The van der Waals surface area contributed by atoms with E-state index in [2.05, 4.69) is 15.6 Å². The maximum absolute atomic E-state index is 13.6. The molecule has 2 rings (SSSR count). The van der Waals surface area contributed by atoms with E-state index in [1.165, 1.54) is 35.8 Å². The second-order valence-corrected chi connectivity index (χ2v) is 9.42. The molecule has 0 bridgehead atoms. The molecule has 0 saturated carbocycles. The van der Waals surface area contributed by atoms with E-state index in [4.69, 9.17) is 0 Å². The first-order valence-electron chi connectivity index (χ1n) is 7.95. The highest BCUT2D eigenvalue weighted by atomic mass is 127. The minimum Gasteiger partial charge on any atom is -0.352 e. The van der Waals surface area contributed by atoms with Crippen molar-refractivity contribution in [1.82, 2.24) is 14.9 Å².